The maximum absolute atomic E-state index is 13.3. The zero-order valence-electron chi connectivity index (χ0n) is 16.0. The van der Waals surface area contributed by atoms with E-state index in [-0.39, 0.29) is 5.71 Å². The molecule has 0 saturated carbocycles. The van der Waals surface area contributed by atoms with Crippen molar-refractivity contribution in [3.63, 3.8) is 0 Å². The minimum absolute atomic E-state index is 0.254. The second-order valence-corrected chi connectivity index (χ2v) is 6.52. The van der Waals surface area contributed by atoms with E-state index in [2.05, 4.69) is 5.32 Å². The van der Waals surface area contributed by atoms with E-state index in [1.54, 1.807) is 37.4 Å². The fourth-order valence-electron chi connectivity index (χ4n) is 3.11. The van der Waals surface area contributed by atoms with Crippen molar-refractivity contribution in [1.29, 1.82) is 5.41 Å². The highest BCUT2D eigenvalue weighted by atomic mass is 16.5. The third-order valence-corrected chi connectivity index (χ3v) is 4.65. The number of hydrogen-bond donors (Lipinski definition) is 2. The summed E-state index contributed by atoms with van der Waals surface area (Å²) in [6.07, 6.45) is 0.642. The summed E-state index contributed by atoms with van der Waals surface area (Å²) in [6, 6.07) is 24.5. The molecule has 0 heterocycles. The monoisotopic (exact) mass is 386 g/mol. The molecular weight excluding hydrogens is 364 g/mol. The van der Waals surface area contributed by atoms with Crippen LogP contribution in [0.2, 0.25) is 0 Å². The van der Waals surface area contributed by atoms with Crippen LogP contribution in [0.3, 0.4) is 0 Å². The van der Waals surface area contributed by atoms with Gasteiger partial charge >= 0.3 is 0 Å². The molecule has 3 aromatic rings. The summed E-state index contributed by atoms with van der Waals surface area (Å²) in [7, 11) is 1.57. The molecule has 5 heteroatoms. The number of ketones is 1. The number of nitrogens with one attached hydrogen (secondary N) is 2. The third kappa shape index (κ3) is 4.76. The summed E-state index contributed by atoms with van der Waals surface area (Å²) in [5, 5.41) is 11.7. The maximum Gasteiger partial charge on any atom is 0.204 e. The second kappa shape index (κ2) is 9.46. The van der Waals surface area contributed by atoms with E-state index >= 15 is 0 Å². The average molecular weight is 386 g/mol. The molecule has 0 aliphatic heterocycles. The lowest BCUT2D eigenvalue weighted by Gasteiger charge is -2.22. The van der Waals surface area contributed by atoms with Crippen molar-refractivity contribution in [3.8, 4) is 5.75 Å². The lowest BCUT2D eigenvalue weighted by Crippen LogP contribution is -2.31. The Balaban J connectivity index is 1.93. The molecule has 2 N–H and O–H groups in total. The van der Waals surface area contributed by atoms with Crippen LogP contribution in [0, 0.1) is 5.41 Å². The number of ether oxygens (including phenoxy) is 1. The van der Waals surface area contributed by atoms with Crippen molar-refractivity contribution in [2.75, 3.05) is 12.4 Å². The van der Waals surface area contributed by atoms with Crippen molar-refractivity contribution in [3.05, 3.63) is 96.1 Å². The quantitative estimate of drug-likeness (QED) is 0.421. The topological polar surface area (TPSA) is 79.2 Å². The van der Waals surface area contributed by atoms with Gasteiger partial charge in [0.1, 0.15) is 18.1 Å². The van der Waals surface area contributed by atoms with Gasteiger partial charge in [0.25, 0.3) is 0 Å². The van der Waals surface area contributed by atoms with Crippen molar-refractivity contribution in [2.24, 2.45) is 0 Å². The molecule has 29 heavy (non-hydrogen) atoms. The molecule has 0 radical (unpaired) electrons. The van der Waals surface area contributed by atoms with E-state index in [0.717, 1.165) is 0 Å². The first kappa shape index (κ1) is 20.0. The fraction of sp³-hybridized carbons (Fsp3) is 0.125. The molecule has 3 aromatic carbocycles. The van der Waals surface area contributed by atoms with Gasteiger partial charge in [-0.1, -0.05) is 66.7 Å². The molecule has 5 nitrogen and oxygen atoms in total. The van der Waals surface area contributed by atoms with Crippen LogP contribution in [0.15, 0.2) is 84.9 Å². The van der Waals surface area contributed by atoms with Crippen LogP contribution in [0.1, 0.15) is 23.1 Å². The number of methoxy groups -OCH3 is 1. The fourth-order valence-corrected chi connectivity index (χ4v) is 3.11. The zero-order valence-corrected chi connectivity index (χ0v) is 16.0. The van der Waals surface area contributed by atoms with Crippen molar-refractivity contribution in [1.82, 2.24) is 0 Å². The minimum Gasteiger partial charge on any atom is -0.497 e. The zero-order chi connectivity index (χ0) is 20.6. The molecule has 0 fully saturated rings. The highest BCUT2D eigenvalue weighted by Gasteiger charge is 2.30. The predicted molar refractivity (Wildman–Crippen MR) is 114 cm³/mol. The molecule has 0 aromatic heterocycles. The third-order valence-electron chi connectivity index (χ3n) is 4.65. The Hall–Kier alpha value is -3.73. The van der Waals surface area contributed by atoms with Gasteiger partial charge in [0, 0.05) is 11.8 Å². The second-order valence-electron chi connectivity index (χ2n) is 6.52. The van der Waals surface area contributed by atoms with Gasteiger partial charge in [-0.25, -0.2) is 0 Å². The highest BCUT2D eigenvalue weighted by molar-refractivity contribution is 6.45. The number of anilines is 1. The molecule has 0 spiro atoms. The SMILES string of the molecule is COc1cccc(NC(C(=O)C(=N)C(C=O)c2ccccc2)c2ccccc2)c1. The number of Topliss-reactive ketones (excluding diaryl/α,β-unsaturated/α-hetero) is 1. The number of aldehydes is 1. The summed E-state index contributed by atoms with van der Waals surface area (Å²) in [6.45, 7) is 0. The molecule has 0 aliphatic carbocycles. The number of benzene rings is 3. The molecule has 0 amide bonds. The van der Waals surface area contributed by atoms with E-state index in [4.69, 9.17) is 10.1 Å². The van der Waals surface area contributed by atoms with Crippen molar-refractivity contribution in [2.45, 2.75) is 12.0 Å². The summed E-state index contributed by atoms with van der Waals surface area (Å²) in [5.41, 5.74) is 1.76. The first-order valence-electron chi connectivity index (χ1n) is 9.22. The Bertz CT molecular complexity index is 987. The summed E-state index contributed by atoms with van der Waals surface area (Å²) in [5.74, 6) is -0.721. The van der Waals surface area contributed by atoms with Gasteiger partial charge in [-0.05, 0) is 23.3 Å². The molecule has 2 atom stereocenters. The van der Waals surface area contributed by atoms with Crippen LogP contribution in [0.25, 0.3) is 0 Å². The van der Waals surface area contributed by atoms with Gasteiger partial charge in [-0.15, -0.1) is 0 Å². The Morgan fingerprint density at radius 2 is 1.55 bits per heavy atom. The molecular formula is C24H22N2O3. The van der Waals surface area contributed by atoms with Crippen molar-refractivity contribution < 1.29 is 14.3 Å². The minimum atomic E-state index is -0.915. The van der Waals surface area contributed by atoms with E-state index in [9.17, 15) is 9.59 Å². The van der Waals surface area contributed by atoms with Gasteiger partial charge < -0.3 is 20.3 Å². The Morgan fingerprint density at radius 3 is 2.14 bits per heavy atom. The van der Waals surface area contributed by atoms with E-state index in [0.29, 0.717) is 28.8 Å². The lowest BCUT2D eigenvalue weighted by molar-refractivity contribution is -0.115. The average Bonchev–Trinajstić information content (AvgIpc) is 2.79. The van der Waals surface area contributed by atoms with Crippen LogP contribution >= 0.6 is 0 Å². The van der Waals surface area contributed by atoms with Gasteiger partial charge in [-0.2, -0.15) is 0 Å². The Kier molecular flexibility index (Phi) is 6.53. The van der Waals surface area contributed by atoms with Crippen LogP contribution < -0.4 is 10.1 Å². The molecule has 2 unspecified atom stereocenters. The molecule has 0 saturated heterocycles. The van der Waals surface area contributed by atoms with Crippen LogP contribution in [0.4, 0.5) is 5.69 Å². The van der Waals surface area contributed by atoms with E-state index in [1.807, 2.05) is 54.6 Å². The van der Waals surface area contributed by atoms with Crippen LogP contribution in [-0.2, 0) is 9.59 Å². The first-order chi connectivity index (χ1) is 14.1. The largest absolute Gasteiger partial charge is 0.497 e. The molecule has 0 aliphatic rings. The van der Waals surface area contributed by atoms with Crippen LogP contribution in [-0.4, -0.2) is 24.9 Å². The van der Waals surface area contributed by atoms with E-state index in [1.165, 1.54) is 0 Å². The van der Waals surface area contributed by atoms with E-state index < -0.39 is 17.7 Å². The maximum atomic E-state index is 13.3. The predicted octanol–water partition coefficient (Wildman–Crippen LogP) is 4.42. The molecule has 3 rings (SSSR count). The van der Waals surface area contributed by atoms with Gasteiger partial charge in [0.2, 0.25) is 5.78 Å². The highest BCUT2D eigenvalue weighted by Crippen LogP contribution is 2.26. The molecule has 146 valence electrons. The first-order valence-corrected chi connectivity index (χ1v) is 9.22. The lowest BCUT2D eigenvalue weighted by atomic mass is 9.88. The number of carbonyl (C=O) groups excluding carboxylic acids is 2. The normalized spacial score (nSPS) is 12.4. The smallest absolute Gasteiger partial charge is 0.204 e. The van der Waals surface area contributed by atoms with Crippen LogP contribution in [0.5, 0.6) is 5.75 Å². The number of carbonyl (C=O) groups is 2. The Labute approximate surface area is 169 Å². The van der Waals surface area contributed by atoms with Gasteiger partial charge in [-0.3, -0.25) is 4.79 Å². The molecule has 0 bridgehead atoms. The van der Waals surface area contributed by atoms with Crippen molar-refractivity contribution >= 4 is 23.5 Å². The summed E-state index contributed by atoms with van der Waals surface area (Å²) >= 11 is 0. The Morgan fingerprint density at radius 1 is 0.931 bits per heavy atom. The standard InChI is InChI=1S/C24H22N2O3/c1-29-20-14-8-13-19(15-20)26-23(18-11-6-3-7-12-18)24(28)22(25)21(16-27)17-9-4-2-5-10-17/h2-16,21,23,25-26H,1H3. The number of hydrogen-bond acceptors (Lipinski definition) is 5. The summed E-state index contributed by atoms with van der Waals surface area (Å²) in [4.78, 5) is 25.0. The van der Waals surface area contributed by atoms with Gasteiger partial charge in [0.05, 0.1) is 18.7 Å². The van der Waals surface area contributed by atoms with Gasteiger partial charge in [0.15, 0.2) is 0 Å². The number of rotatable bonds is 9. The summed E-state index contributed by atoms with van der Waals surface area (Å²) < 4.78 is 5.25.